The van der Waals surface area contributed by atoms with Gasteiger partial charge in [0.1, 0.15) is 6.26 Å². The molecule has 0 unspecified atom stereocenters. The summed E-state index contributed by atoms with van der Waals surface area (Å²) < 4.78 is 5.13. The highest BCUT2D eigenvalue weighted by atomic mass is 16.4. The third-order valence-electron chi connectivity index (χ3n) is 3.54. The van der Waals surface area contributed by atoms with Gasteiger partial charge in [0.05, 0.1) is 0 Å². The first-order valence-corrected chi connectivity index (χ1v) is 6.80. The van der Waals surface area contributed by atoms with Crippen LogP contribution in [0.1, 0.15) is 42.6 Å². The maximum Gasteiger partial charge on any atom is 0.302 e. The first-order chi connectivity index (χ1) is 9.24. The Morgan fingerprint density at radius 1 is 1.26 bits per heavy atom. The van der Waals surface area contributed by atoms with Crippen molar-refractivity contribution in [2.24, 2.45) is 5.92 Å². The highest BCUT2D eigenvalue weighted by Gasteiger charge is 2.31. The van der Waals surface area contributed by atoms with E-state index in [2.05, 4.69) is 10.3 Å². The van der Waals surface area contributed by atoms with Crippen LogP contribution in [0.25, 0.3) is 0 Å². The van der Waals surface area contributed by atoms with Crippen molar-refractivity contribution in [3.8, 4) is 0 Å². The van der Waals surface area contributed by atoms with Gasteiger partial charge in [-0.3, -0.25) is 14.9 Å². The fraction of sp³-hybridized carbons (Fsp3) is 0.615. The maximum atomic E-state index is 12.1. The van der Waals surface area contributed by atoms with E-state index < -0.39 is 0 Å². The van der Waals surface area contributed by atoms with Crippen LogP contribution in [0.15, 0.2) is 10.7 Å². The van der Waals surface area contributed by atoms with Gasteiger partial charge < -0.3 is 9.32 Å². The number of oxazole rings is 1. The Balaban J connectivity index is 1.62. The molecule has 1 aromatic heterocycles. The van der Waals surface area contributed by atoms with E-state index in [9.17, 15) is 9.59 Å². The summed E-state index contributed by atoms with van der Waals surface area (Å²) in [6, 6.07) is 0.122. The SMILES string of the molecule is O=C(Nc1nc(C(=O)N2CCCCC2)co1)C1CC1. The molecular weight excluding hydrogens is 246 g/mol. The molecule has 1 saturated carbocycles. The highest BCUT2D eigenvalue weighted by molar-refractivity contribution is 5.94. The van der Waals surface area contributed by atoms with Crippen molar-refractivity contribution in [2.75, 3.05) is 18.4 Å². The van der Waals surface area contributed by atoms with Gasteiger partial charge in [0, 0.05) is 19.0 Å². The third-order valence-corrected chi connectivity index (χ3v) is 3.54. The normalized spacial score (nSPS) is 19.3. The number of anilines is 1. The lowest BCUT2D eigenvalue weighted by Gasteiger charge is -2.25. The molecular formula is C13H17N3O3. The van der Waals surface area contributed by atoms with Gasteiger partial charge in [-0.2, -0.15) is 4.98 Å². The number of carbonyl (C=O) groups is 2. The smallest absolute Gasteiger partial charge is 0.302 e. The van der Waals surface area contributed by atoms with Crippen molar-refractivity contribution in [2.45, 2.75) is 32.1 Å². The van der Waals surface area contributed by atoms with Crippen LogP contribution in [0.4, 0.5) is 6.01 Å². The highest BCUT2D eigenvalue weighted by Crippen LogP contribution is 2.30. The number of carbonyl (C=O) groups excluding carboxylic acids is 2. The number of nitrogens with one attached hydrogen (secondary N) is 1. The van der Waals surface area contributed by atoms with Crippen LogP contribution < -0.4 is 5.32 Å². The maximum absolute atomic E-state index is 12.1. The molecule has 6 heteroatoms. The van der Waals surface area contributed by atoms with E-state index in [1.165, 1.54) is 12.7 Å². The molecule has 2 amide bonds. The molecule has 0 radical (unpaired) electrons. The molecule has 1 saturated heterocycles. The standard InChI is InChI=1S/C13H17N3O3/c17-11(9-4-5-9)15-13-14-10(8-19-13)12(18)16-6-2-1-3-7-16/h8-9H,1-7H2,(H,14,15,17). The molecule has 102 valence electrons. The Labute approximate surface area is 111 Å². The van der Waals surface area contributed by atoms with E-state index >= 15 is 0 Å². The van der Waals surface area contributed by atoms with Crippen LogP contribution in [0, 0.1) is 5.92 Å². The Kier molecular flexibility index (Phi) is 3.23. The van der Waals surface area contributed by atoms with Crippen molar-refractivity contribution in [3.63, 3.8) is 0 Å². The minimum atomic E-state index is -0.115. The number of nitrogens with zero attached hydrogens (tertiary/aromatic N) is 2. The average molecular weight is 263 g/mol. The first kappa shape index (κ1) is 12.2. The second kappa shape index (κ2) is 5.03. The van der Waals surface area contributed by atoms with Crippen LogP contribution in [0.5, 0.6) is 0 Å². The average Bonchev–Trinajstić information content (AvgIpc) is 3.20. The molecule has 0 atom stereocenters. The minimum absolute atomic E-state index is 0.0705. The number of piperidine rings is 1. The number of rotatable bonds is 3. The molecule has 0 spiro atoms. The van der Waals surface area contributed by atoms with Crippen molar-refractivity contribution in [1.29, 1.82) is 0 Å². The van der Waals surface area contributed by atoms with Gasteiger partial charge in [0.2, 0.25) is 5.91 Å². The van der Waals surface area contributed by atoms with Crippen LogP contribution in [-0.2, 0) is 4.79 Å². The molecule has 1 aliphatic heterocycles. The summed E-state index contributed by atoms with van der Waals surface area (Å²) in [6.45, 7) is 1.55. The van der Waals surface area contributed by atoms with Gasteiger partial charge >= 0.3 is 6.01 Å². The molecule has 1 N–H and O–H groups in total. The van der Waals surface area contributed by atoms with Gasteiger partial charge in [-0.25, -0.2) is 0 Å². The second-order valence-corrected chi connectivity index (χ2v) is 5.15. The number of aromatic nitrogens is 1. The molecule has 6 nitrogen and oxygen atoms in total. The summed E-state index contributed by atoms with van der Waals surface area (Å²) in [6.07, 6.45) is 6.41. The van der Waals surface area contributed by atoms with E-state index in [1.54, 1.807) is 4.90 Å². The van der Waals surface area contributed by atoms with Crippen LogP contribution in [-0.4, -0.2) is 34.8 Å². The minimum Gasteiger partial charge on any atom is -0.431 e. The second-order valence-electron chi connectivity index (χ2n) is 5.15. The first-order valence-electron chi connectivity index (χ1n) is 6.80. The van der Waals surface area contributed by atoms with Gasteiger partial charge in [-0.15, -0.1) is 0 Å². The fourth-order valence-electron chi connectivity index (χ4n) is 2.24. The lowest BCUT2D eigenvalue weighted by Crippen LogP contribution is -2.35. The number of hydrogen-bond acceptors (Lipinski definition) is 4. The van der Waals surface area contributed by atoms with Gasteiger partial charge in [-0.05, 0) is 32.1 Å². The Morgan fingerprint density at radius 3 is 2.68 bits per heavy atom. The summed E-state index contributed by atoms with van der Waals surface area (Å²) in [5.74, 6) is -0.0951. The van der Waals surface area contributed by atoms with Crippen molar-refractivity contribution >= 4 is 17.8 Å². The summed E-state index contributed by atoms with van der Waals surface area (Å²) in [7, 11) is 0. The van der Waals surface area contributed by atoms with Crippen molar-refractivity contribution in [1.82, 2.24) is 9.88 Å². The molecule has 0 bridgehead atoms. The van der Waals surface area contributed by atoms with Crippen LogP contribution >= 0.6 is 0 Å². The largest absolute Gasteiger partial charge is 0.431 e. The summed E-state index contributed by atoms with van der Waals surface area (Å²) in [5.41, 5.74) is 0.271. The molecule has 1 aromatic rings. The van der Waals surface area contributed by atoms with E-state index in [-0.39, 0.29) is 29.4 Å². The number of hydrogen-bond donors (Lipinski definition) is 1. The lowest BCUT2D eigenvalue weighted by molar-refractivity contribution is -0.117. The summed E-state index contributed by atoms with van der Waals surface area (Å²) in [4.78, 5) is 29.5. The van der Waals surface area contributed by atoms with E-state index in [4.69, 9.17) is 4.42 Å². The predicted molar refractivity (Wildman–Crippen MR) is 67.6 cm³/mol. The van der Waals surface area contributed by atoms with Gasteiger partial charge in [0.15, 0.2) is 5.69 Å². The topological polar surface area (TPSA) is 75.4 Å². The zero-order valence-electron chi connectivity index (χ0n) is 10.7. The fourth-order valence-corrected chi connectivity index (χ4v) is 2.24. The zero-order chi connectivity index (χ0) is 13.2. The Bertz CT molecular complexity index is 487. The molecule has 2 fully saturated rings. The van der Waals surface area contributed by atoms with Gasteiger partial charge in [-0.1, -0.05) is 0 Å². The third kappa shape index (κ3) is 2.77. The monoisotopic (exact) mass is 263 g/mol. The molecule has 0 aromatic carbocycles. The lowest BCUT2D eigenvalue weighted by atomic mass is 10.1. The summed E-state index contributed by atoms with van der Waals surface area (Å²) >= 11 is 0. The number of amides is 2. The predicted octanol–water partition coefficient (Wildman–Crippen LogP) is 1.65. The van der Waals surface area contributed by atoms with Crippen molar-refractivity contribution in [3.05, 3.63) is 12.0 Å². The van der Waals surface area contributed by atoms with E-state index in [0.717, 1.165) is 38.8 Å². The Hall–Kier alpha value is -1.85. The quantitative estimate of drug-likeness (QED) is 0.899. The van der Waals surface area contributed by atoms with Gasteiger partial charge in [0.25, 0.3) is 5.91 Å². The van der Waals surface area contributed by atoms with E-state index in [1.807, 2.05) is 0 Å². The zero-order valence-corrected chi connectivity index (χ0v) is 10.7. The molecule has 19 heavy (non-hydrogen) atoms. The van der Waals surface area contributed by atoms with Crippen molar-refractivity contribution < 1.29 is 14.0 Å². The molecule has 2 heterocycles. The molecule has 1 aliphatic carbocycles. The number of likely N-dealkylation sites (tertiary alicyclic amines) is 1. The van der Waals surface area contributed by atoms with E-state index in [0.29, 0.717) is 0 Å². The summed E-state index contributed by atoms with van der Waals surface area (Å²) in [5, 5.41) is 2.59. The molecule has 3 rings (SSSR count). The van der Waals surface area contributed by atoms with Crippen LogP contribution in [0.3, 0.4) is 0 Å². The molecule has 2 aliphatic rings. The van der Waals surface area contributed by atoms with Crippen LogP contribution in [0.2, 0.25) is 0 Å². The Morgan fingerprint density at radius 2 is 2.00 bits per heavy atom.